The Labute approximate surface area is 106 Å². The monoisotopic (exact) mass is 260 g/mol. The third kappa shape index (κ3) is 7.75. The van der Waals surface area contributed by atoms with Crippen molar-refractivity contribution in [3.05, 3.63) is 0 Å². The van der Waals surface area contributed by atoms with Crippen LogP contribution in [-0.4, -0.2) is 53.6 Å². The molecule has 0 aromatic rings. The Morgan fingerprint density at radius 2 is 2.11 bits per heavy atom. The molecule has 1 aliphatic heterocycles. The number of ketones is 1. The Balaban J connectivity index is 0.000000321. The molecule has 18 heavy (non-hydrogen) atoms. The van der Waals surface area contributed by atoms with Crippen molar-refractivity contribution >= 4 is 17.7 Å². The SMILES string of the molecule is CCCCNCC(=O)O.O=C(O)C1NCCC1=O. The Bertz CT molecular complexity index is 293. The van der Waals surface area contributed by atoms with Crippen molar-refractivity contribution < 1.29 is 24.6 Å². The maximum Gasteiger partial charge on any atom is 0.328 e. The fraction of sp³-hybridized carbons (Fsp3) is 0.727. The number of hydrogen-bond acceptors (Lipinski definition) is 5. The largest absolute Gasteiger partial charge is 0.480 e. The van der Waals surface area contributed by atoms with Gasteiger partial charge in [-0.2, -0.15) is 0 Å². The topological polar surface area (TPSA) is 116 Å². The van der Waals surface area contributed by atoms with E-state index in [9.17, 15) is 14.4 Å². The zero-order valence-corrected chi connectivity index (χ0v) is 10.4. The molecule has 0 spiro atoms. The minimum absolute atomic E-state index is 0.0833. The van der Waals surface area contributed by atoms with Crippen molar-refractivity contribution in [1.29, 1.82) is 0 Å². The van der Waals surface area contributed by atoms with E-state index in [2.05, 4.69) is 17.6 Å². The fourth-order valence-electron chi connectivity index (χ4n) is 1.32. The zero-order valence-electron chi connectivity index (χ0n) is 10.4. The Hall–Kier alpha value is -1.47. The minimum Gasteiger partial charge on any atom is -0.480 e. The van der Waals surface area contributed by atoms with Crippen LogP contribution in [-0.2, 0) is 14.4 Å². The summed E-state index contributed by atoms with van der Waals surface area (Å²) in [6.45, 7) is 3.46. The number of rotatable bonds is 6. The number of unbranched alkanes of at least 4 members (excludes halogenated alkanes) is 1. The van der Waals surface area contributed by atoms with Crippen LogP contribution in [0.15, 0.2) is 0 Å². The van der Waals surface area contributed by atoms with E-state index in [1.54, 1.807) is 0 Å². The van der Waals surface area contributed by atoms with E-state index >= 15 is 0 Å². The number of Topliss-reactive ketones (excluding diaryl/α,β-unsaturated/α-hetero) is 1. The molecular weight excluding hydrogens is 240 g/mol. The standard InChI is InChI=1S/C6H13NO2.C5H7NO3/c1-2-3-4-7-5-6(8)9;7-3-1-2-6-4(3)5(8)9/h7H,2-5H2,1H3,(H,8,9);4,6H,1-2H2,(H,8,9). The fourth-order valence-corrected chi connectivity index (χ4v) is 1.32. The number of aliphatic carboxylic acids is 2. The number of carboxylic acids is 2. The van der Waals surface area contributed by atoms with E-state index in [1.807, 2.05) is 0 Å². The second-order valence-corrected chi connectivity index (χ2v) is 3.87. The average Bonchev–Trinajstić information content (AvgIpc) is 2.72. The summed E-state index contributed by atoms with van der Waals surface area (Å²) >= 11 is 0. The van der Waals surface area contributed by atoms with Crippen LogP contribution in [0.5, 0.6) is 0 Å². The molecule has 1 rings (SSSR count). The summed E-state index contributed by atoms with van der Waals surface area (Å²) in [5.41, 5.74) is 0. The lowest BCUT2D eigenvalue weighted by atomic mass is 10.2. The van der Waals surface area contributed by atoms with E-state index in [4.69, 9.17) is 10.2 Å². The number of nitrogens with one attached hydrogen (secondary N) is 2. The summed E-state index contributed by atoms with van der Waals surface area (Å²) in [6, 6.07) is -0.940. The van der Waals surface area contributed by atoms with Gasteiger partial charge in [0, 0.05) is 13.0 Å². The zero-order chi connectivity index (χ0) is 14.0. The van der Waals surface area contributed by atoms with Crippen LogP contribution in [0.2, 0.25) is 0 Å². The smallest absolute Gasteiger partial charge is 0.328 e. The lowest BCUT2D eigenvalue weighted by molar-refractivity contribution is -0.142. The van der Waals surface area contributed by atoms with Gasteiger partial charge < -0.3 is 15.5 Å². The highest BCUT2D eigenvalue weighted by molar-refractivity contribution is 6.03. The number of carbonyl (C=O) groups excluding carboxylic acids is 1. The normalized spacial score (nSPS) is 18.1. The molecule has 4 N–H and O–H groups in total. The maximum atomic E-state index is 10.6. The van der Waals surface area contributed by atoms with E-state index in [0.717, 1.165) is 19.4 Å². The quantitative estimate of drug-likeness (QED) is 0.374. The minimum atomic E-state index is -1.07. The van der Waals surface area contributed by atoms with Gasteiger partial charge >= 0.3 is 11.9 Å². The van der Waals surface area contributed by atoms with Gasteiger partial charge in [0.25, 0.3) is 0 Å². The molecule has 1 heterocycles. The molecule has 0 aromatic carbocycles. The molecule has 0 bridgehead atoms. The highest BCUT2D eigenvalue weighted by Gasteiger charge is 2.29. The molecule has 1 fully saturated rings. The van der Waals surface area contributed by atoms with Crippen LogP contribution in [0.3, 0.4) is 0 Å². The van der Waals surface area contributed by atoms with Crippen LogP contribution in [0.4, 0.5) is 0 Å². The summed E-state index contributed by atoms with van der Waals surface area (Å²) in [5.74, 6) is -2.08. The summed E-state index contributed by atoms with van der Waals surface area (Å²) in [6.07, 6.45) is 2.50. The first kappa shape index (κ1) is 16.5. The number of carboxylic acid groups (broad SMARTS) is 2. The van der Waals surface area contributed by atoms with Gasteiger partial charge in [-0.1, -0.05) is 13.3 Å². The van der Waals surface area contributed by atoms with Gasteiger partial charge in [0.2, 0.25) is 0 Å². The predicted molar refractivity (Wildman–Crippen MR) is 64.5 cm³/mol. The van der Waals surface area contributed by atoms with Gasteiger partial charge in [0.15, 0.2) is 11.8 Å². The van der Waals surface area contributed by atoms with Gasteiger partial charge in [-0.15, -0.1) is 0 Å². The summed E-state index contributed by atoms with van der Waals surface area (Å²) in [4.78, 5) is 30.6. The second kappa shape index (κ2) is 9.55. The van der Waals surface area contributed by atoms with E-state index in [0.29, 0.717) is 13.0 Å². The summed E-state index contributed by atoms with van der Waals surface area (Å²) < 4.78 is 0. The first-order valence-corrected chi connectivity index (χ1v) is 5.90. The molecule has 104 valence electrons. The predicted octanol–water partition coefficient (Wildman–Crippen LogP) is -0.537. The third-order valence-corrected chi connectivity index (χ3v) is 2.27. The van der Waals surface area contributed by atoms with Crippen LogP contribution < -0.4 is 10.6 Å². The van der Waals surface area contributed by atoms with Crippen LogP contribution >= 0.6 is 0 Å². The molecule has 0 radical (unpaired) electrons. The van der Waals surface area contributed by atoms with Gasteiger partial charge in [-0.3, -0.25) is 19.7 Å². The van der Waals surface area contributed by atoms with Crippen molar-refractivity contribution in [1.82, 2.24) is 10.6 Å². The molecular formula is C11H20N2O5. The first-order chi connectivity index (χ1) is 8.49. The van der Waals surface area contributed by atoms with Gasteiger partial charge in [-0.05, 0) is 13.0 Å². The van der Waals surface area contributed by atoms with E-state index < -0.39 is 18.0 Å². The molecule has 0 aliphatic carbocycles. The van der Waals surface area contributed by atoms with Crippen LogP contribution in [0.1, 0.15) is 26.2 Å². The van der Waals surface area contributed by atoms with Gasteiger partial charge in [0.05, 0.1) is 6.54 Å². The summed E-state index contributed by atoms with van der Waals surface area (Å²) in [7, 11) is 0. The molecule has 7 heteroatoms. The molecule has 7 nitrogen and oxygen atoms in total. The first-order valence-electron chi connectivity index (χ1n) is 5.90. The highest BCUT2D eigenvalue weighted by atomic mass is 16.4. The van der Waals surface area contributed by atoms with E-state index in [1.165, 1.54) is 0 Å². The number of hydrogen-bond donors (Lipinski definition) is 4. The van der Waals surface area contributed by atoms with Crippen molar-refractivity contribution in [3.8, 4) is 0 Å². The molecule has 1 aliphatic rings. The lowest BCUT2D eigenvalue weighted by Crippen LogP contribution is -2.35. The lowest BCUT2D eigenvalue weighted by Gasteiger charge is -1.98. The van der Waals surface area contributed by atoms with Crippen molar-refractivity contribution in [2.24, 2.45) is 0 Å². The Morgan fingerprint density at radius 1 is 1.44 bits per heavy atom. The van der Waals surface area contributed by atoms with Gasteiger partial charge in [0.1, 0.15) is 0 Å². The molecule has 0 amide bonds. The molecule has 0 aromatic heterocycles. The van der Waals surface area contributed by atoms with E-state index in [-0.39, 0.29) is 12.3 Å². The molecule has 0 saturated carbocycles. The van der Waals surface area contributed by atoms with Crippen molar-refractivity contribution in [2.75, 3.05) is 19.6 Å². The average molecular weight is 260 g/mol. The number of carbonyl (C=O) groups is 3. The molecule has 1 atom stereocenters. The van der Waals surface area contributed by atoms with Gasteiger partial charge in [-0.25, -0.2) is 0 Å². The van der Waals surface area contributed by atoms with Crippen molar-refractivity contribution in [2.45, 2.75) is 32.2 Å². The van der Waals surface area contributed by atoms with Crippen LogP contribution in [0, 0.1) is 0 Å². The van der Waals surface area contributed by atoms with Crippen molar-refractivity contribution in [3.63, 3.8) is 0 Å². The van der Waals surface area contributed by atoms with Crippen LogP contribution in [0.25, 0.3) is 0 Å². The third-order valence-electron chi connectivity index (χ3n) is 2.27. The maximum absolute atomic E-state index is 10.6. The second-order valence-electron chi connectivity index (χ2n) is 3.87. The highest BCUT2D eigenvalue weighted by Crippen LogP contribution is 1.99. The Kier molecular flexibility index (Phi) is 8.77. The molecule has 1 unspecified atom stereocenters. The Morgan fingerprint density at radius 3 is 2.44 bits per heavy atom. The molecule has 1 saturated heterocycles. The summed E-state index contributed by atoms with van der Waals surface area (Å²) in [5, 5.41) is 21.8.